The van der Waals surface area contributed by atoms with Crippen LogP contribution in [0.25, 0.3) is 0 Å². The van der Waals surface area contributed by atoms with Gasteiger partial charge in [0.05, 0.1) is 12.2 Å². The molecule has 3 N–H and O–H groups in total. The number of benzene rings is 1. The van der Waals surface area contributed by atoms with Crippen LogP contribution in [0.3, 0.4) is 0 Å². The molecule has 1 amide bonds. The SMILES string of the molecule is CS(=O)(=O)NCCCNC(=O)C1CNCc2ccccc21. The highest BCUT2D eigenvalue weighted by Gasteiger charge is 2.25. The van der Waals surface area contributed by atoms with Gasteiger partial charge >= 0.3 is 0 Å². The van der Waals surface area contributed by atoms with Gasteiger partial charge in [-0.15, -0.1) is 0 Å². The van der Waals surface area contributed by atoms with Crippen molar-refractivity contribution in [2.75, 3.05) is 25.9 Å². The van der Waals surface area contributed by atoms with Crippen LogP contribution in [0.1, 0.15) is 23.5 Å². The van der Waals surface area contributed by atoms with E-state index in [4.69, 9.17) is 0 Å². The lowest BCUT2D eigenvalue weighted by molar-refractivity contribution is -0.122. The lowest BCUT2D eigenvalue weighted by Crippen LogP contribution is -2.39. The van der Waals surface area contributed by atoms with Crippen molar-refractivity contribution < 1.29 is 13.2 Å². The van der Waals surface area contributed by atoms with E-state index in [0.717, 1.165) is 23.9 Å². The van der Waals surface area contributed by atoms with Crippen molar-refractivity contribution in [3.8, 4) is 0 Å². The number of hydrogen-bond acceptors (Lipinski definition) is 4. The van der Waals surface area contributed by atoms with Crippen LogP contribution in [0.15, 0.2) is 24.3 Å². The van der Waals surface area contributed by atoms with Crippen LogP contribution in [0.5, 0.6) is 0 Å². The molecule has 0 aromatic heterocycles. The van der Waals surface area contributed by atoms with Crippen molar-refractivity contribution >= 4 is 15.9 Å². The first-order valence-corrected chi connectivity index (χ1v) is 8.87. The summed E-state index contributed by atoms with van der Waals surface area (Å²) in [7, 11) is -3.16. The standard InChI is InChI=1S/C14H21N3O3S/c1-21(19,20)17-8-4-7-16-14(18)13-10-15-9-11-5-2-3-6-12(11)13/h2-3,5-6,13,15,17H,4,7-10H2,1H3,(H,16,18). The Kier molecular flexibility index (Phi) is 5.33. The molecular formula is C14H21N3O3S. The van der Waals surface area contributed by atoms with Crippen LogP contribution in [0, 0.1) is 0 Å². The lowest BCUT2D eigenvalue weighted by Gasteiger charge is -2.25. The zero-order chi connectivity index (χ0) is 15.3. The Morgan fingerprint density at radius 3 is 2.86 bits per heavy atom. The van der Waals surface area contributed by atoms with Crippen molar-refractivity contribution in [3.63, 3.8) is 0 Å². The van der Waals surface area contributed by atoms with Crippen molar-refractivity contribution in [3.05, 3.63) is 35.4 Å². The summed E-state index contributed by atoms with van der Waals surface area (Å²) in [4.78, 5) is 12.2. The number of sulfonamides is 1. The number of carbonyl (C=O) groups excluding carboxylic acids is 1. The summed E-state index contributed by atoms with van der Waals surface area (Å²) in [6.45, 7) is 2.21. The second-order valence-corrected chi connectivity index (χ2v) is 7.03. The molecule has 0 fully saturated rings. The Hall–Kier alpha value is -1.44. The Morgan fingerprint density at radius 1 is 1.33 bits per heavy atom. The van der Waals surface area contributed by atoms with E-state index < -0.39 is 10.0 Å². The predicted octanol–water partition coefficient (Wildman–Crippen LogP) is -0.0711. The van der Waals surface area contributed by atoms with Gasteiger partial charge in [0.25, 0.3) is 0 Å². The summed E-state index contributed by atoms with van der Waals surface area (Å²) in [6, 6.07) is 7.93. The third-order valence-corrected chi connectivity index (χ3v) is 4.16. The van der Waals surface area contributed by atoms with Gasteiger partial charge in [-0.25, -0.2) is 13.1 Å². The summed E-state index contributed by atoms with van der Waals surface area (Å²) in [5.41, 5.74) is 2.23. The minimum absolute atomic E-state index is 0.0194. The third kappa shape index (κ3) is 4.80. The highest BCUT2D eigenvalue weighted by Crippen LogP contribution is 2.23. The van der Waals surface area contributed by atoms with E-state index in [9.17, 15) is 13.2 Å². The average Bonchev–Trinajstić information content (AvgIpc) is 2.45. The second kappa shape index (κ2) is 7.02. The van der Waals surface area contributed by atoms with E-state index in [1.807, 2.05) is 24.3 Å². The fourth-order valence-electron chi connectivity index (χ4n) is 2.41. The van der Waals surface area contributed by atoms with Gasteiger partial charge in [-0.3, -0.25) is 4.79 Å². The molecule has 0 radical (unpaired) electrons. The highest BCUT2D eigenvalue weighted by atomic mass is 32.2. The van der Waals surface area contributed by atoms with E-state index >= 15 is 0 Å². The van der Waals surface area contributed by atoms with Crippen molar-refractivity contribution in [2.45, 2.75) is 18.9 Å². The van der Waals surface area contributed by atoms with Crippen molar-refractivity contribution in [2.24, 2.45) is 0 Å². The first-order chi connectivity index (χ1) is 9.97. The molecule has 1 aromatic carbocycles. The Morgan fingerprint density at radius 2 is 2.10 bits per heavy atom. The van der Waals surface area contributed by atoms with Gasteiger partial charge in [-0.05, 0) is 17.5 Å². The topological polar surface area (TPSA) is 87.3 Å². The summed E-state index contributed by atoms with van der Waals surface area (Å²) in [5, 5.41) is 6.11. The van der Waals surface area contributed by atoms with E-state index in [-0.39, 0.29) is 11.8 Å². The van der Waals surface area contributed by atoms with Gasteiger partial charge in [0.15, 0.2) is 0 Å². The number of amides is 1. The van der Waals surface area contributed by atoms with Crippen LogP contribution in [-0.2, 0) is 21.4 Å². The maximum atomic E-state index is 12.2. The number of nitrogens with one attached hydrogen (secondary N) is 3. The predicted molar refractivity (Wildman–Crippen MR) is 81.4 cm³/mol. The number of rotatable bonds is 6. The average molecular weight is 311 g/mol. The number of hydrogen-bond donors (Lipinski definition) is 3. The molecule has 116 valence electrons. The van der Waals surface area contributed by atoms with Gasteiger partial charge in [0, 0.05) is 26.2 Å². The summed E-state index contributed by atoms with van der Waals surface area (Å²) < 4.78 is 24.2. The van der Waals surface area contributed by atoms with Crippen LogP contribution in [0.2, 0.25) is 0 Å². The van der Waals surface area contributed by atoms with Gasteiger partial charge in [-0.1, -0.05) is 24.3 Å². The summed E-state index contributed by atoms with van der Waals surface area (Å²) in [5.74, 6) is -0.202. The quantitative estimate of drug-likeness (QED) is 0.642. The molecule has 1 aliphatic heterocycles. The molecular weight excluding hydrogens is 290 g/mol. The van der Waals surface area contributed by atoms with Gasteiger partial charge in [0.2, 0.25) is 15.9 Å². The van der Waals surface area contributed by atoms with Gasteiger partial charge in [0.1, 0.15) is 0 Å². The van der Waals surface area contributed by atoms with E-state index in [0.29, 0.717) is 26.1 Å². The van der Waals surface area contributed by atoms with Crippen LogP contribution >= 0.6 is 0 Å². The maximum Gasteiger partial charge on any atom is 0.228 e. The molecule has 0 aliphatic carbocycles. The molecule has 7 heteroatoms. The summed E-state index contributed by atoms with van der Waals surface area (Å²) >= 11 is 0. The molecule has 1 atom stereocenters. The zero-order valence-corrected chi connectivity index (χ0v) is 12.9. The Bertz CT molecular complexity index is 601. The van der Waals surface area contributed by atoms with Crippen LogP contribution < -0.4 is 15.4 Å². The molecule has 0 saturated carbocycles. The number of carbonyl (C=O) groups is 1. The zero-order valence-electron chi connectivity index (χ0n) is 12.1. The second-order valence-electron chi connectivity index (χ2n) is 5.19. The van der Waals surface area contributed by atoms with Gasteiger partial charge in [-0.2, -0.15) is 0 Å². The minimum atomic E-state index is -3.16. The molecule has 1 aliphatic rings. The van der Waals surface area contributed by atoms with E-state index in [1.54, 1.807) is 0 Å². The fourth-order valence-corrected chi connectivity index (χ4v) is 2.93. The van der Waals surface area contributed by atoms with Crippen LogP contribution in [-0.4, -0.2) is 40.2 Å². The molecule has 1 unspecified atom stereocenters. The van der Waals surface area contributed by atoms with E-state index in [2.05, 4.69) is 15.4 Å². The third-order valence-electron chi connectivity index (χ3n) is 3.43. The van der Waals surface area contributed by atoms with Gasteiger partial charge < -0.3 is 10.6 Å². The van der Waals surface area contributed by atoms with E-state index in [1.165, 1.54) is 0 Å². The monoisotopic (exact) mass is 311 g/mol. The molecule has 6 nitrogen and oxygen atoms in total. The molecule has 21 heavy (non-hydrogen) atoms. The normalized spacial score (nSPS) is 18.0. The molecule has 2 rings (SSSR count). The fraction of sp³-hybridized carbons (Fsp3) is 0.500. The first kappa shape index (κ1) is 15.9. The van der Waals surface area contributed by atoms with Crippen molar-refractivity contribution in [1.82, 2.24) is 15.4 Å². The Balaban J connectivity index is 1.82. The smallest absolute Gasteiger partial charge is 0.228 e. The molecule has 0 spiro atoms. The van der Waals surface area contributed by atoms with Crippen LogP contribution in [0.4, 0.5) is 0 Å². The number of fused-ring (bicyclic) bond motifs is 1. The maximum absolute atomic E-state index is 12.2. The summed E-state index contributed by atoms with van der Waals surface area (Å²) in [6.07, 6.45) is 1.69. The molecule has 0 bridgehead atoms. The Labute approximate surface area is 125 Å². The molecule has 1 aromatic rings. The molecule has 1 heterocycles. The van der Waals surface area contributed by atoms with Crippen molar-refractivity contribution in [1.29, 1.82) is 0 Å². The highest BCUT2D eigenvalue weighted by molar-refractivity contribution is 7.88. The minimum Gasteiger partial charge on any atom is -0.355 e. The largest absolute Gasteiger partial charge is 0.355 e. The lowest BCUT2D eigenvalue weighted by atomic mass is 9.90. The molecule has 0 saturated heterocycles. The first-order valence-electron chi connectivity index (χ1n) is 6.98.